The predicted octanol–water partition coefficient (Wildman–Crippen LogP) is 1.97. The summed E-state index contributed by atoms with van der Waals surface area (Å²) in [5.74, 6) is 0.545. The van der Waals surface area contributed by atoms with Crippen molar-refractivity contribution in [3.05, 3.63) is 53.3 Å². The van der Waals surface area contributed by atoms with Gasteiger partial charge in [0.1, 0.15) is 0 Å². The van der Waals surface area contributed by atoms with Crippen LogP contribution >= 0.6 is 0 Å². The minimum atomic E-state index is 0.244. The molecule has 0 aliphatic carbocycles. The molecule has 1 atom stereocenters. The van der Waals surface area contributed by atoms with Crippen LogP contribution in [0.4, 0.5) is 0 Å². The Morgan fingerprint density at radius 2 is 2.15 bits per heavy atom. The smallest absolute Gasteiger partial charge is 0.222 e. The van der Waals surface area contributed by atoms with Gasteiger partial charge in [-0.3, -0.25) is 9.89 Å². The van der Waals surface area contributed by atoms with Crippen LogP contribution in [0.5, 0.6) is 0 Å². The van der Waals surface area contributed by atoms with Gasteiger partial charge in [0, 0.05) is 56.8 Å². The number of likely N-dealkylation sites (N-methyl/N-ethyl adjacent to an activating group) is 2. The minimum Gasteiger partial charge on any atom is -0.338 e. The molecule has 1 amide bonds. The Balaban J connectivity index is 1.66. The van der Waals surface area contributed by atoms with Crippen LogP contribution in [0, 0.1) is 0 Å². The van der Waals surface area contributed by atoms with Gasteiger partial charge in [0.2, 0.25) is 5.91 Å². The number of benzene rings is 1. The summed E-state index contributed by atoms with van der Waals surface area (Å²) in [5.41, 5.74) is 3.53. The Labute approximate surface area is 155 Å². The van der Waals surface area contributed by atoms with Crippen molar-refractivity contribution in [3.8, 4) is 0 Å². The lowest BCUT2D eigenvalue weighted by Crippen LogP contribution is -2.39. The molecule has 2 aromatic rings. The zero-order chi connectivity index (χ0) is 18.4. The fourth-order valence-corrected chi connectivity index (χ4v) is 3.57. The van der Waals surface area contributed by atoms with Crippen molar-refractivity contribution in [3.63, 3.8) is 0 Å². The van der Waals surface area contributed by atoms with Crippen molar-refractivity contribution < 1.29 is 4.79 Å². The standard InChI is InChI=1S/C20H29N5O/c1-21-10-11-24(2)14-18-12-22-23-20(18)17-8-9-19(26)25(15-17)13-16-6-4-3-5-7-16/h3-7,12,17,21H,8-11,13-15H2,1-2H3,(H,22,23)/t17-/m1/s1. The first-order valence-corrected chi connectivity index (χ1v) is 9.34. The predicted molar refractivity (Wildman–Crippen MR) is 103 cm³/mol. The second-order valence-electron chi connectivity index (χ2n) is 7.13. The van der Waals surface area contributed by atoms with E-state index in [9.17, 15) is 4.79 Å². The first kappa shape index (κ1) is 18.6. The van der Waals surface area contributed by atoms with Gasteiger partial charge in [-0.15, -0.1) is 0 Å². The number of likely N-dealkylation sites (tertiary alicyclic amines) is 1. The monoisotopic (exact) mass is 355 g/mol. The van der Waals surface area contributed by atoms with E-state index in [4.69, 9.17) is 0 Å². The lowest BCUT2D eigenvalue weighted by molar-refractivity contribution is -0.134. The van der Waals surface area contributed by atoms with E-state index in [0.29, 0.717) is 18.9 Å². The fourth-order valence-electron chi connectivity index (χ4n) is 3.57. The number of nitrogens with zero attached hydrogens (tertiary/aromatic N) is 3. The average Bonchev–Trinajstić information content (AvgIpc) is 3.11. The highest BCUT2D eigenvalue weighted by Crippen LogP contribution is 2.29. The SMILES string of the molecule is CNCCN(C)Cc1c[nH]nc1[C@@H]1CCC(=O)N(Cc2ccccc2)C1. The van der Waals surface area contributed by atoms with Crippen molar-refractivity contribution in [2.45, 2.75) is 31.8 Å². The highest BCUT2D eigenvalue weighted by molar-refractivity contribution is 5.77. The van der Waals surface area contributed by atoms with Crippen molar-refractivity contribution in [1.82, 2.24) is 25.3 Å². The third-order valence-electron chi connectivity index (χ3n) is 5.04. The van der Waals surface area contributed by atoms with E-state index in [1.807, 2.05) is 36.3 Å². The molecule has 1 aromatic carbocycles. The van der Waals surface area contributed by atoms with E-state index in [-0.39, 0.29) is 5.91 Å². The maximum absolute atomic E-state index is 12.4. The van der Waals surface area contributed by atoms with Gasteiger partial charge in [-0.25, -0.2) is 0 Å². The number of piperidine rings is 1. The van der Waals surface area contributed by atoms with E-state index in [1.54, 1.807) is 0 Å². The molecule has 6 nitrogen and oxygen atoms in total. The van der Waals surface area contributed by atoms with Gasteiger partial charge in [0.25, 0.3) is 0 Å². The van der Waals surface area contributed by atoms with Gasteiger partial charge in [0.05, 0.1) is 5.69 Å². The van der Waals surface area contributed by atoms with Crippen LogP contribution in [0.15, 0.2) is 36.5 Å². The number of aromatic amines is 1. The van der Waals surface area contributed by atoms with Gasteiger partial charge in [0.15, 0.2) is 0 Å². The molecular weight excluding hydrogens is 326 g/mol. The summed E-state index contributed by atoms with van der Waals surface area (Å²) in [6.45, 7) is 4.25. The molecule has 0 radical (unpaired) electrons. The maximum atomic E-state index is 12.4. The summed E-state index contributed by atoms with van der Waals surface area (Å²) in [6.07, 6.45) is 3.48. The molecule has 140 valence electrons. The summed E-state index contributed by atoms with van der Waals surface area (Å²) in [5, 5.41) is 10.8. The molecule has 3 rings (SSSR count). The summed E-state index contributed by atoms with van der Waals surface area (Å²) in [4.78, 5) is 16.6. The van der Waals surface area contributed by atoms with Crippen molar-refractivity contribution in [1.29, 1.82) is 0 Å². The Bertz CT molecular complexity index is 699. The van der Waals surface area contributed by atoms with E-state index >= 15 is 0 Å². The number of H-pyrrole nitrogens is 1. The molecule has 0 unspecified atom stereocenters. The molecule has 26 heavy (non-hydrogen) atoms. The molecule has 2 N–H and O–H groups in total. The highest BCUT2D eigenvalue weighted by atomic mass is 16.2. The topological polar surface area (TPSA) is 64.3 Å². The van der Waals surface area contributed by atoms with E-state index in [2.05, 4.69) is 39.6 Å². The number of nitrogens with one attached hydrogen (secondary N) is 2. The normalized spacial score (nSPS) is 17.9. The largest absolute Gasteiger partial charge is 0.338 e. The third-order valence-corrected chi connectivity index (χ3v) is 5.04. The summed E-state index contributed by atoms with van der Waals surface area (Å²) in [7, 11) is 4.09. The maximum Gasteiger partial charge on any atom is 0.222 e. The van der Waals surface area contributed by atoms with Gasteiger partial charge in [-0.05, 0) is 26.1 Å². The molecule has 0 spiro atoms. The minimum absolute atomic E-state index is 0.244. The zero-order valence-electron chi connectivity index (χ0n) is 15.7. The molecule has 1 aliphatic heterocycles. The van der Waals surface area contributed by atoms with E-state index < -0.39 is 0 Å². The summed E-state index contributed by atoms with van der Waals surface area (Å²) in [6, 6.07) is 10.2. The first-order chi connectivity index (χ1) is 12.7. The van der Waals surface area contributed by atoms with Crippen molar-refractivity contribution in [2.75, 3.05) is 33.7 Å². The number of hydrogen-bond acceptors (Lipinski definition) is 4. The van der Waals surface area contributed by atoms with Crippen LogP contribution in [0.3, 0.4) is 0 Å². The van der Waals surface area contributed by atoms with Crippen molar-refractivity contribution in [2.24, 2.45) is 0 Å². The number of rotatable bonds is 8. The summed E-state index contributed by atoms with van der Waals surface area (Å²) < 4.78 is 0. The Morgan fingerprint density at radius 1 is 1.35 bits per heavy atom. The van der Waals surface area contributed by atoms with Crippen LogP contribution in [0.25, 0.3) is 0 Å². The lowest BCUT2D eigenvalue weighted by atomic mass is 9.91. The molecule has 2 heterocycles. The quantitative estimate of drug-likeness (QED) is 0.760. The second kappa shape index (κ2) is 8.96. The molecule has 1 aliphatic rings. The first-order valence-electron chi connectivity index (χ1n) is 9.34. The van der Waals surface area contributed by atoms with Crippen molar-refractivity contribution >= 4 is 5.91 Å². The zero-order valence-corrected chi connectivity index (χ0v) is 15.7. The molecule has 0 saturated carbocycles. The van der Waals surface area contributed by atoms with Crippen LogP contribution in [-0.4, -0.2) is 59.6 Å². The molecule has 1 saturated heterocycles. The molecule has 6 heteroatoms. The van der Waals surface area contributed by atoms with Crippen LogP contribution < -0.4 is 5.32 Å². The van der Waals surface area contributed by atoms with E-state index in [1.165, 1.54) is 11.1 Å². The van der Waals surface area contributed by atoms with Gasteiger partial charge >= 0.3 is 0 Å². The number of amides is 1. The fraction of sp³-hybridized carbons (Fsp3) is 0.500. The molecule has 0 bridgehead atoms. The molecule has 1 fully saturated rings. The lowest BCUT2D eigenvalue weighted by Gasteiger charge is -2.32. The average molecular weight is 355 g/mol. The Kier molecular flexibility index (Phi) is 6.41. The van der Waals surface area contributed by atoms with Gasteiger partial charge in [-0.2, -0.15) is 5.10 Å². The Hall–Kier alpha value is -2.18. The third kappa shape index (κ3) is 4.71. The van der Waals surface area contributed by atoms with Crippen LogP contribution in [0.1, 0.15) is 35.6 Å². The van der Waals surface area contributed by atoms with Gasteiger partial charge < -0.3 is 15.1 Å². The molecule has 1 aromatic heterocycles. The number of carbonyl (C=O) groups excluding carboxylic acids is 1. The summed E-state index contributed by atoms with van der Waals surface area (Å²) >= 11 is 0. The van der Waals surface area contributed by atoms with Gasteiger partial charge in [-0.1, -0.05) is 30.3 Å². The van der Waals surface area contributed by atoms with Crippen LogP contribution in [0.2, 0.25) is 0 Å². The number of aromatic nitrogens is 2. The molecular formula is C20H29N5O. The highest BCUT2D eigenvalue weighted by Gasteiger charge is 2.29. The number of carbonyl (C=O) groups is 1. The van der Waals surface area contributed by atoms with E-state index in [0.717, 1.165) is 38.3 Å². The second-order valence-corrected chi connectivity index (χ2v) is 7.13. The Morgan fingerprint density at radius 3 is 2.92 bits per heavy atom. The number of hydrogen-bond donors (Lipinski definition) is 2. The van der Waals surface area contributed by atoms with Crippen LogP contribution in [-0.2, 0) is 17.9 Å².